The van der Waals surface area contributed by atoms with E-state index in [1.165, 1.54) is 5.56 Å². The maximum Gasteiger partial charge on any atom is 0.303 e. The van der Waals surface area contributed by atoms with Crippen LogP contribution in [-0.4, -0.2) is 97.2 Å². The van der Waals surface area contributed by atoms with Gasteiger partial charge in [-0.25, -0.2) is 4.98 Å². The zero-order valence-corrected chi connectivity index (χ0v) is 17.5. The van der Waals surface area contributed by atoms with Gasteiger partial charge in [-0.3, -0.25) is 14.6 Å². The SMILES string of the molecule is CN1CCN([C@H]2CCN(Cc3ccc(N(C)C)nc3)C[C@H]2CCC(=O)O)CC1. The largest absolute Gasteiger partial charge is 0.481 e. The zero-order chi connectivity index (χ0) is 20.1. The Hall–Kier alpha value is -1.70. The number of hydrogen-bond donors (Lipinski definition) is 1. The van der Waals surface area contributed by atoms with E-state index in [2.05, 4.69) is 38.9 Å². The molecule has 2 aliphatic rings. The van der Waals surface area contributed by atoms with Crippen molar-refractivity contribution in [2.24, 2.45) is 5.92 Å². The van der Waals surface area contributed by atoms with Gasteiger partial charge in [-0.1, -0.05) is 6.07 Å². The van der Waals surface area contributed by atoms with Crippen LogP contribution in [-0.2, 0) is 11.3 Å². The summed E-state index contributed by atoms with van der Waals surface area (Å²) in [6, 6.07) is 4.73. The molecule has 7 heteroatoms. The van der Waals surface area contributed by atoms with Crippen molar-refractivity contribution in [3.63, 3.8) is 0 Å². The highest BCUT2D eigenvalue weighted by atomic mass is 16.4. The fourth-order valence-corrected chi connectivity index (χ4v) is 4.50. The molecule has 2 saturated heterocycles. The van der Waals surface area contributed by atoms with E-state index in [1.807, 2.05) is 25.2 Å². The van der Waals surface area contributed by atoms with Gasteiger partial charge in [-0.15, -0.1) is 0 Å². The smallest absolute Gasteiger partial charge is 0.303 e. The van der Waals surface area contributed by atoms with Gasteiger partial charge in [0.05, 0.1) is 0 Å². The molecule has 0 unspecified atom stereocenters. The van der Waals surface area contributed by atoms with E-state index in [4.69, 9.17) is 0 Å². The van der Waals surface area contributed by atoms with Gasteiger partial charge in [0, 0.05) is 72.0 Å². The zero-order valence-electron chi connectivity index (χ0n) is 17.5. The number of hydrogen-bond acceptors (Lipinski definition) is 6. The highest BCUT2D eigenvalue weighted by Gasteiger charge is 2.34. The second kappa shape index (κ2) is 9.67. The molecule has 0 amide bonds. The van der Waals surface area contributed by atoms with Crippen LogP contribution in [0.4, 0.5) is 5.82 Å². The number of piperidine rings is 1. The van der Waals surface area contributed by atoms with Crippen LogP contribution in [0.15, 0.2) is 18.3 Å². The maximum atomic E-state index is 11.2. The predicted molar refractivity (Wildman–Crippen MR) is 112 cm³/mol. The quantitative estimate of drug-likeness (QED) is 0.757. The summed E-state index contributed by atoms with van der Waals surface area (Å²) in [7, 11) is 6.17. The molecular formula is C21H35N5O2. The molecule has 0 spiro atoms. The van der Waals surface area contributed by atoms with Crippen LogP contribution in [0.1, 0.15) is 24.8 Å². The van der Waals surface area contributed by atoms with E-state index < -0.39 is 5.97 Å². The summed E-state index contributed by atoms with van der Waals surface area (Å²) >= 11 is 0. The summed E-state index contributed by atoms with van der Waals surface area (Å²) in [5.74, 6) is 0.705. The number of aromatic nitrogens is 1. The number of aliphatic carboxylic acids is 1. The number of carboxylic acids is 1. The Kier molecular flexibility index (Phi) is 7.26. The normalized spacial score (nSPS) is 25.0. The average molecular weight is 390 g/mol. The Labute approximate surface area is 168 Å². The molecule has 0 aliphatic carbocycles. The first-order valence-corrected chi connectivity index (χ1v) is 10.4. The average Bonchev–Trinajstić information content (AvgIpc) is 2.68. The van der Waals surface area contributed by atoms with E-state index in [-0.39, 0.29) is 6.42 Å². The number of nitrogens with zero attached hydrogens (tertiary/aromatic N) is 5. The van der Waals surface area contributed by atoms with Crippen LogP contribution in [0, 0.1) is 5.92 Å². The molecule has 156 valence electrons. The fourth-order valence-electron chi connectivity index (χ4n) is 4.50. The first-order chi connectivity index (χ1) is 13.4. The van der Waals surface area contributed by atoms with E-state index in [1.54, 1.807) is 0 Å². The molecule has 1 aromatic heterocycles. The van der Waals surface area contributed by atoms with Crippen molar-refractivity contribution < 1.29 is 9.90 Å². The monoisotopic (exact) mass is 389 g/mol. The summed E-state index contributed by atoms with van der Waals surface area (Å²) in [5.41, 5.74) is 1.22. The number of anilines is 1. The molecule has 2 atom stereocenters. The van der Waals surface area contributed by atoms with Gasteiger partial charge in [-0.2, -0.15) is 0 Å². The summed E-state index contributed by atoms with van der Waals surface area (Å²) in [6.45, 7) is 7.34. The molecule has 0 aromatic carbocycles. The Morgan fingerprint density at radius 3 is 2.57 bits per heavy atom. The predicted octanol–water partition coefficient (Wildman–Crippen LogP) is 1.45. The topological polar surface area (TPSA) is 63.2 Å². The Bertz CT molecular complexity index is 628. The number of likely N-dealkylation sites (tertiary alicyclic amines) is 1. The lowest BCUT2D eigenvalue weighted by Gasteiger charge is -2.46. The second-order valence-corrected chi connectivity index (χ2v) is 8.54. The van der Waals surface area contributed by atoms with Crippen LogP contribution < -0.4 is 4.90 Å². The number of rotatable bonds is 7. The molecular weight excluding hydrogens is 354 g/mol. The summed E-state index contributed by atoms with van der Waals surface area (Å²) < 4.78 is 0. The third-order valence-electron chi connectivity index (χ3n) is 6.19. The molecule has 7 nitrogen and oxygen atoms in total. The van der Waals surface area contributed by atoms with Crippen LogP contribution in [0.5, 0.6) is 0 Å². The van der Waals surface area contributed by atoms with Crippen molar-refractivity contribution in [3.8, 4) is 0 Å². The van der Waals surface area contributed by atoms with Crippen molar-refractivity contribution in [1.29, 1.82) is 0 Å². The third-order valence-corrected chi connectivity index (χ3v) is 6.19. The van der Waals surface area contributed by atoms with Gasteiger partial charge in [0.1, 0.15) is 5.82 Å². The molecule has 1 N–H and O–H groups in total. The molecule has 0 radical (unpaired) electrons. The number of pyridine rings is 1. The number of piperazine rings is 1. The van der Waals surface area contributed by atoms with Gasteiger partial charge in [0.2, 0.25) is 0 Å². The van der Waals surface area contributed by atoms with E-state index >= 15 is 0 Å². The van der Waals surface area contributed by atoms with E-state index in [9.17, 15) is 9.90 Å². The van der Waals surface area contributed by atoms with Gasteiger partial charge in [0.25, 0.3) is 0 Å². The maximum absolute atomic E-state index is 11.2. The minimum atomic E-state index is -0.683. The van der Waals surface area contributed by atoms with E-state index in [0.29, 0.717) is 12.0 Å². The lowest BCUT2D eigenvalue weighted by Crippen LogP contribution is -2.56. The Morgan fingerprint density at radius 1 is 1.21 bits per heavy atom. The third kappa shape index (κ3) is 5.65. The highest BCUT2D eigenvalue weighted by molar-refractivity contribution is 5.66. The van der Waals surface area contributed by atoms with Crippen molar-refractivity contribution in [1.82, 2.24) is 19.7 Å². The lowest BCUT2D eigenvalue weighted by molar-refractivity contribution is -0.137. The first-order valence-electron chi connectivity index (χ1n) is 10.4. The van der Waals surface area contributed by atoms with Crippen molar-refractivity contribution >= 4 is 11.8 Å². The van der Waals surface area contributed by atoms with Crippen molar-refractivity contribution in [2.75, 3.05) is 65.3 Å². The minimum absolute atomic E-state index is 0.266. The molecule has 0 bridgehead atoms. The van der Waals surface area contributed by atoms with Gasteiger partial charge >= 0.3 is 5.97 Å². The number of likely N-dealkylation sites (N-methyl/N-ethyl adjacent to an activating group) is 1. The van der Waals surface area contributed by atoms with Gasteiger partial charge in [-0.05, 0) is 44.0 Å². The highest BCUT2D eigenvalue weighted by Crippen LogP contribution is 2.28. The van der Waals surface area contributed by atoms with Gasteiger partial charge in [0.15, 0.2) is 0 Å². The van der Waals surface area contributed by atoms with Crippen LogP contribution in [0.3, 0.4) is 0 Å². The fraction of sp³-hybridized carbons (Fsp3) is 0.714. The molecule has 0 saturated carbocycles. The standard InChI is InChI=1S/C21H35N5O2/c1-23(2)20-6-4-17(14-22-20)15-25-9-8-19(18(16-25)5-7-21(27)28)26-12-10-24(3)11-13-26/h4,6,14,18-19H,5,7-13,15-16H2,1-3H3,(H,27,28)/t18-,19+/m1/s1. The summed E-state index contributed by atoms with van der Waals surface area (Å²) in [4.78, 5) is 25.2. The van der Waals surface area contributed by atoms with Crippen molar-refractivity contribution in [3.05, 3.63) is 23.9 Å². The molecule has 2 fully saturated rings. The van der Waals surface area contributed by atoms with E-state index in [0.717, 1.165) is 64.5 Å². The molecule has 28 heavy (non-hydrogen) atoms. The van der Waals surface area contributed by atoms with Crippen LogP contribution in [0.25, 0.3) is 0 Å². The van der Waals surface area contributed by atoms with Crippen LogP contribution in [0.2, 0.25) is 0 Å². The summed E-state index contributed by atoms with van der Waals surface area (Å²) in [5, 5.41) is 9.20. The Morgan fingerprint density at radius 2 is 1.96 bits per heavy atom. The first kappa shape index (κ1) is 21.0. The molecule has 2 aliphatic heterocycles. The number of carboxylic acid groups (broad SMARTS) is 1. The lowest BCUT2D eigenvalue weighted by atomic mass is 9.86. The Balaban J connectivity index is 1.61. The number of carbonyl (C=O) groups is 1. The summed E-state index contributed by atoms with van der Waals surface area (Å²) in [6.07, 6.45) is 4.12. The second-order valence-electron chi connectivity index (χ2n) is 8.54. The van der Waals surface area contributed by atoms with Gasteiger partial charge < -0.3 is 14.9 Å². The molecule has 3 rings (SSSR count). The van der Waals surface area contributed by atoms with Crippen LogP contribution >= 0.6 is 0 Å². The minimum Gasteiger partial charge on any atom is -0.481 e. The van der Waals surface area contributed by atoms with Crippen molar-refractivity contribution in [2.45, 2.75) is 31.8 Å². The molecule has 3 heterocycles. The molecule has 1 aromatic rings.